The van der Waals surface area contributed by atoms with Crippen molar-refractivity contribution in [2.75, 3.05) is 19.5 Å². The van der Waals surface area contributed by atoms with Crippen molar-refractivity contribution in [1.29, 1.82) is 0 Å². The van der Waals surface area contributed by atoms with Crippen molar-refractivity contribution in [3.63, 3.8) is 0 Å². The summed E-state index contributed by atoms with van der Waals surface area (Å²) in [7, 11) is 1.61. The van der Waals surface area contributed by atoms with Gasteiger partial charge in [0.25, 0.3) is 0 Å². The molecule has 0 unspecified atom stereocenters. The third-order valence-corrected chi connectivity index (χ3v) is 1.85. The predicted molar refractivity (Wildman–Crippen MR) is 55.6 cm³/mol. The molecule has 0 spiro atoms. The Hall–Kier alpha value is -1.00. The molecular weight excluding hydrogens is 204 g/mol. The highest BCUT2D eigenvalue weighted by Crippen LogP contribution is 2.25. The van der Waals surface area contributed by atoms with Gasteiger partial charge in [0, 0.05) is 13.2 Å². The van der Waals surface area contributed by atoms with E-state index in [9.17, 15) is 0 Å². The average molecular weight is 217 g/mol. The summed E-state index contributed by atoms with van der Waals surface area (Å²) in [5.41, 5.74) is 5.50. The zero-order valence-electron chi connectivity index (χ0n) is 8.16. The molecule has 0 aliphatic heterocycles. The second kappa shape index (κ2) is 5.02. The van der Waals surface area contributed by atoms with E-state index in [1.807, 2.05) is 6.92 Å². The molecule has 0 bridgehead atoms. The molecule has 78 valence electrons. The first-order chi connectivity index (χ1) is 6.63. The second-order valence-electron chi connectivity index (χ2n) is 2.92. The molecule has 0 aliphatic carbocycles. The molecule has 0 amide bonds. The lowest BCUT2D eigenvalue weighted by atomic mass is 10.4. The maximum absolute atomic E-state index is 5.86. The first kappa shape index (κ1) is 11.1. The Morgan fingerprint density at radius 2 is 2.36 bits per heavy atom. The SMILES string of the molecule is COC[C@@H](C)Oc1cc(N)ncc1Cl. The molecule has 1 aromatic heterocycles. The number of hydrogen-bond donors (Lipinski definition) is 1. The normalized spacial score (nSPS) is 12.5. The van der Waals surface area contributed by atoms with Gasteiger partial charge in [0.1, 0.15) is 22.7 Å². The highest BCUT2D eigenvalue weighted by molar-refractivity contribution is 6.31. The third kappa shape index (κ3) is 3.05. The topological polar surface area (TPSA) is 57.4 Å². The molecule has 1 rings (SSSR count). The van der Waals surface area contributed by atoms with Crippen molar-refractivity contribution < 1.29 is 9.47 Å². The van der Waals surface area contributed by atoms with Gasteiger partial charge >= 0.3 is 0 Å². The van der Waals surface area contributed by atoms with Gasteiger partial charge in [-0.1, -0.05) is 11.6 Å². The van der Waals surface area contributed by atoms with E-state index in [-0.39, 0.29) is 6.10 Å². The Morgan fingerprint density at radius 1 is 1.64 bits per heavy atom. The summed E-state index contributed by atoms with van der Waals surface area (Å²) in [6.45, 7) is 2.38. The Morgan fingerprint density at radius 3 is 3.00 bits per heavy atom. The van der Waals surface area contributed by atoms with Crippen LogP contribution < -0.4 is 10.5 Å². The van der Waals surface area contributed by atoms with Gasteiger partial charge in [0.05, 0.1) is 12.8 Å². The molecule has 0 radical (unpaired) electrons. The van der Waals surface area contributed by atoms with E-state index >= 15 is 0 Å². The van der Waals surface area contributed by atoms with Crippen LogP contribution in [0.15, 0.2) is 12.3 Å². The Balaban J connectivity index is 2.70. The number of hydrogen-bond acceptors (Lipinski definition) is 4. The van der Waals surface area contributed by atoms with Gasteiger partial charge in [-0.25, -0.2) is 4.98 Å². The molecule has 0 saturated carbocycles. The van der Waals surface area contributed by atoms with Crippen LogP contribution in [0.5, 0.6) is 5.75 Å². The van der Waals surface area contributed by atoms with Gasteiger partial charge in [0.2, 0.25) is 0 Å². The lowest BCUT2D eigenvalue weighted by Gasteiger charge is -2.14. The summed E-state index contributed by atoms with van der Waals surface area (Å²) in [6, 6.07) is 1.59. The van der Waals surface area contributed by atoms with Gasteiger partial charge in [-0.3, -0.25) is 0 Å². The van der Waals surface area contributed by atoms with Crippen molar-refractivity contribution in [2.24, 2.45) is 0 Å². The Kier molecular flexibility index (Phi) is 3.98. The van der Waals surface area contributed by atoms with E-state index in [1.54, 1.807) is 13.2 Å². The molecule has 1 aromatic rings. The average Bonchev–Trinajstić information content (AvgIpc) is 2.12. The van der Waals surface area contributed by atoms with E-state index in [2.05, 4.69) is 4.98 Å². The third-order valence-electron chi connectivity index (χ3n) is 1.57. The fraction of sp³-hybridized carbons (Fsp3) is 0.444. The fourth-order valence-electron chi connectivity index (χ4n) is 1.01. The molecule has 2 N–H and O–H groups in total. The number of halogens is 1. The van der Waals surface area contributed by atoms with Crippen LogP contribution >= 0.6 is 11.6 Å². The number of ether oxygens (including phenoxy) is 2. The summed E-state index contributed by atoms with van der Waals surface area (Å²) in [5.74, 6) is 0.915. The fourth-order valence-corrected chi connectivity index (χ4v) is 1.16. The van der Waals surface area contributed by atoms with Gasteiger partial charge in [-0.05, 0) is 6.92 Å². The molecule has 1 atom stereocenters. The standard InChI is InChI=1S/C9H13ClN2O2/c1-6(5-13-2)14-8-3-9(11)12-4-7(8)10/h3-4,6H,5H2,1-2H3,(H2,11,12)/t6-/m1/s1. The maximum Gasteiger partial charge on any atom is 0.143 e. The molecule has 5 heteroatoms. The van der Waals surface area contributed by atoms with Gasteiger partial charge in [-0.2, -0.15) is 0 Å². The molecule has 0 saturated heterocycles. The Labute approximate surface area is 88.0 Å². The van der Waals surface area contributed by atoms with Crippen molar-refractivity contribution in [2.45, 2.75) is 13.0 Å². The molecule has 1 heterocycles. The number of nitrogen functional groups attached to an aromatic ring is 1. The molecular formula is C9H13ClN2O2. The monoisotopic (exact) mass is 216 g/mol. The maximum atomic E-state index is 5.86. The van der Waals surface area contributed by atoms with E-state index in [0.29, 0.717) is 23.2 Å². The second-order valence-corrected chi connectivity index (χ2v) is 3.33. The zero-order chi connectivity index (χ0) is 10.6. The van der Waals surface area contributed by atoms with Crippen LogP contribution in [-0.2, 0) is 4.74 Å². The number of aromatic nitrogens is 1. The molecule has 0 aliphatic rings. The van der Waals surface area contributed by atoms with E-state index in [0.717, 1.165) is 0 Å². The number of pyridine rings is 1. The van der Waals surface area contributed by atoms with Crippen LogP contribution in [0, 0.1) is 0 Å². The first-order valence-corrected chi connectivity index (χ1v) is 4.58. The predicted octanol–water partition coefficient (Wildman–Crippen LogP) is 1.73. The van der Waals surface area contributed by atoms with Crippen LogP contribution in [0.2, 0.25) is 5.02 Å². The summed E-state index contributed by atoms with van der Waals surface area (Å²) >= 11 is 5.86. The van der Waals surface area contributed by atoms with Crippen molar-refractivity contribution in [1.82, 2.24) is 4.98 Å². The van der Waals surface area contributed by atoms with Crippen molar-refractivity contribution >= 4 is 17.4 Å². The number of rotatable bonds is 4. The van der Waals surface area contributed by atoms with Gasteiger partial charge < -0.3 is 15.2 Å². The minimum atomic E-state index is -0.0701. The quantitative estimate of drug-likeness (QED) is 0.833. The van der Waals surface area contributed by atoms with Crippen molar-refractivity contribution in [3.8, 4) is 5.75 Å². The first-order valence-electron chi connectivity index (χ1n) is 4.20. The number of methoxy groups -OCH3 is 1. The van der Waals surface area contributed by atoms with Gasteiger partial charge in [0.15, 0.2) is 0 Å². The largest absolute Gasteiger partial charge is 0.487 e. The summed E-state index contributed by atoms with van der Waals surface area (Å²) in [6.07, 6.45) is 1.39. The van der Waals surface area contributed by atoms with E-state index in [1.165, 1.54) is 6.20 Å². The molecule has 14 heavy (non-hydrogen) atoms. The van der Waals surface area contributed by atoms with Crippen LogP contribution in [0.1, 0.15) is 6.92 Å². The molecule has 4 nitrogen and oxygen atoms in total. The highest BCUT2D eigenvalue weighted by atomic mass is 35.5. The summed E-state index contributed by atoms with van der Waals surface area (Å²) in [5, 5.41) is 0.446. The summed E-state index contributed by atoms with van der Waals surface area (Å²) in [4.78, 5) is 3.83. The smallest absolute Gasteiger partial charge is 0.143 e. The van der Waals surface area contributed by atoms with E-state index in [4.69, 9.17) is 26.8 Å². The minimum absolute atomic E-state index is 0.0701. The van der Waals surface area contributed by atoms with Crippen LogP contribution in [-0.4, -0.2) is 24.8 Å². The zero-order valence-corrected chi connectivity index (χ0v) is 8.91. The Bertz CT molecular complexity index is 307. The van der Waals surface area contributed by atoms with Crippen LogP contribution in [0.4, 0.5) is 5.82 Å². The highest BCUT2D eigenvalue weighted by Gasteiger charge is 2.07. The van der Waals surface area contributed by atoms with Crippen LogP contribution in [0.3, 0.4) is 0 Å². The van der Waals surface area contributed by atoms with E-state index < -0.39 is 0 Å². The van der Waals surface area contributed by atoms with Crippen LogP contribution in [0.25, 0.3) is 0 Å². The summed E-state index contributed by atoms with van der Waals surface area (Å²) < 4.78 is 10.4. The number of nitrogens with zero attached hydrogens (tertiary/aromatic N) is 1. The lowest BCUT2D eigenvalue weighted by Crippen LogP contribution is -2.18. The number of nitrogens with two attached hydrogens (primary N) is 1. The minimum Gasteiger partial charge on any atom is -0.487 e. The molecule has 0 fully saturated rings. The van der Waals surface area contributed by atoms with Gasteiger partial charge in [-0.15, -0.1) is 0 Å². The number of anilines is 1. The lowest BCUT2D eigenvalue weighted by molar-refractivity contribution is 0.0921. The molecule has 0 aromatic carbocycles. The van der Waals surface area contributed by atoms with Crippen molar-refractivity contribution in [3.05, 3.63) is 17.3 Å².